The van der Waals surface area contributed by atoms with Gasteiger partial charge < -0.3 is 5.32 Å². The Morgan fingerprint density at radius 3 is 2.52 bits per heavy atom. The molecule has 0 atom stereocenters. The minimum Gasteiger partial charge on any atom is -0.321 e. The highest BCUT2D eigenvalue weighted by atomic mass is 35.5. The van der Waals surface area contributed by atoms with Crippen molar-refractivity contribution in [2.45, 2.75) is 4.90 Å². The Labute approximate surface area is 155 Å². The lowest BCUT2D eigenvalue weighted by Crippen LogP contribution is -2.13. The number of para-hydroxylation sites is 1. The lowest BCUT2D eigenvalue weighted by Gasteiger charge is -2.11. The highest BCUT2D eigenvalue weighted by Gasteiger charge is 2.17. The fourth-order valence-electron chi connectivity index (χ4n) is 2.36. The van der Waals surface area contributed by atoms with E-state index in [1.165, 1.54) is 18.2 Å². The van der Waals surface area contributed by atoms with E-state index in [9.17, 15) is 13.2 Å². The first kappa shape index (κ1) is 17.7. The van der Waals surface area contributed by atoms with Crippen LogP contribution in [0.3, 0.4) is 0 Å². The third-order valence-corrected chi connectivity index (χ3v) is 6.04. The summed E-state index contributed by atoms with van der Waals surface area (Å²) in [6.07, 6.45) is 1.06. The number of anilines is 1. The van der Waals surface area contributed by atoms with Crippen molar-refractivity contribution in [2.24, 2.45) is 0 Å². The van der Waals surface area contributed by atoms with Gasteiger partial charge in [0, 0.05) is 27.9 Å². The zero-order valence-electron chi connectivity index (χ0n) is 13.2. The molecule has 1 aromatic heterocycles. The van der Waals surface area contributed by atoms with E-state index in [-0.39, 0.29) is 15.5 Å². The summed E-state index contributed by atoms with van der Waals surface area (Å²) >= 11 is 7.50. The van der Waals surface area contributed by atoms with Gasteiger partial charge >= 0.3 is 0 Å². The van der Waals surface area contributed by atoms with E-state index in [0.717, 1.165) is 16.7 Å². The van der Waals surface area contributed by atoms with E-state index in [1.54, 1.807) is 17.4 Å². The molecule has 1 N–H and O–H groups in total. The molecule has 0 fully saturated rings. The van der Waals surface area contributed by atoms with Crippen LogP contribution in [-0.2, 0) is 9.84 Å². The first-order chi connectivity index (χ1) is 11.9. The quantitative estimate of drug-likeness (QED) is 0.699. The lowest BCUT2D eigenvalue weighted by molar-refractivity contribution is 0.102. The fraction of sp³-hybridized carbons (Fsp3) is 0.0556. The van der Waals surface area contributed by atoms with Crippen LogP contribution < -0.4 is 5.32 Å². The maximum atomic E-state index is 12.6. The van der Waals surface area contributed by atoms with Gasteiger partial charge in [-0.2, -0.15) is 0 Å². The van der Waals surface area contributed by atoms with E-state index in [0.29, 0.717) is 5.69 Å². The van der Waals surface area contributed by atoms with E-state index >= 15 is 0 Å². The van der Waals surface area contributed by atoms with Crippen molar-refractivity contribution in [3.05, 3.63) is 70.6 Å². The van der Waals surface area contributed by atoms with Crippen LogP contribution in [0.25, 0.3) is 10.4 Å². The van der Waals surface area contributed by atoms with Crippen molar-refractivity contribution in [3.63, 3.8) is 0 Å². The molecule has 0 saturated heterocycles. The molecule has 0 radical (unpaired) electrons. The van der Waals surface area contributed by atoms with E-state index < -0.39 is 15.7 Å². The topological polar surface area (TPSA) is 63.2 Å². The predicted octanol–water partition coefficient (Wildman–Crippen LogP) is 4.72. The number of rotatable bonds is 4. The Morgan fingerprint density at radius 2 is 1.84 bits per heavy atom. The molecule has 0 aliphatic carbocycles. The van der Waals surface area contributed by atoms with Crippen LogP contribution in [0.5, 0.6) is 0 Å². The molecule has 25 heavy (non-hydrogen) atoms. The van der Waals surface area contributed by atoms with Gasteiger partial charge in [-0.1, -0.05) is 35.9 Å². The standard InChI is InChI=1S/C18H14ClNO3S2/c1-25(22,23)17-11-12(8-9-14(17)19)18(21)20-15-6-3-2-5-13(15)16-7-4-10-24-16/h2-11H,1H3,(H,20,21). The van der Waals surface area contributed by atoms with Crippen LogP contribution in [0.1, 0.15) is 10.4 Å². The number of nitrogens with one attached hydrogen (secondary N) is 1. The molecule has 0 aliphatic rings. The summed E-state index contributed by atoms with van der Waals surface area (Å²) in [5.74, 6) is -0.398. The first-order valence-electron chi connectivity index (χ1n) is 7.30. The number of hydrogen-bond acceptors (Lipinski definition) is 4. The van der Waals surface area contributed by atoms with Crippen LogP contribution in [-0.4, -0.2) is 20.6 Å². The maximum absolute atomic E-state index is 12.6. The van der Waals surface area contributed by atoms with Crippen LogP contribution >= 0.6 is 22.9 Å². The summed E-state index contributed by atoms with van der Waals surface area (Å²) in [5.41, 5.74) is 1.79. The number of carbonyl (C=O) groups excluding carboxylic acids is 1. The molecule has 1 amide bonds. The second-order valence-corrected chi connectivity index (χ2v) is 8.73. The van der Waals surface area contributed by atoms with Gasteiger partial charge in [0.1, 0.15) is 0 Å². The number of hydrogen-bond donors (Lipinski definition) is 1. The normalized spacial score (nSPS) is 11.3. The van der Waals surface area contributed by atoms with Gasteiger partial charge in [0.05, 0.1) is 9.92 Å². The second-order valence-electron chi connectivity index (χ2n) is 5.39. The summed E-state index contributed by atoms with van der Waals surface area (Å²) in [7, 11) is -3.52. The Balaban J connectivity index is 1.95. The summed E-state index contributed by atoms with van der Waals surface area (Å²) in [4.78, 5) is 13.6. The van der Waals surface area contributed by atoms with Crippen LogP contribution in [0.15, 0.2) is 64.9 Å². The monoisotopic (exact) mass is 391 g/mol. The Bertz CT molecular complexity index is 1030. The Hall–Kier alpha value is -2.15. The summed E-state index contributed by atoms with van der Waals surface area (Å²) < 4.78 is 23.6. The Kier molecular flexibility index (Phi) is 4.94. The number of amides is 1. The van der Waals surface area contributed by atoms with Crippen molar-refractivity contribution in [2.75, 3.05) is 11.6 Å². The third-order valence-electron chi connectivity index (χ3n) is 3.55. The van der Waals surface area contributed by atoms with Gasteiger partial charge in [0.2, 0.25) is 0 Å². The molecule has 0 unspecified atom stereocenters. The van der Waals surface area contributed by atoms with Gasteiger partial charge in [0.25, 0.3) is 5.91 Å². The summed E-state index contributed by atoms with van der Waals surface area (Å²) in [6, 6.07) is 15.6. The SMILES string of the molecule is CS(=O)(=O)c1cc(C(=O)Nc2ccccc2-c2cccs2)ccc1Cl. The average molecular weight is 392 g/mol. The largest absolute Gasteiger partial charge is 0.321 e. The molecular weight excluding hydrogens is 378 g/mol. The zero-order valence-corrected chi connectivity index (χ0v) is 15.6. The average Bonchev–Trinajstić information content (AvgIpc) is 3.09. The molecule has 0 bridgehead atoms. The van der Waals surface area contributed by atoms with Crippen molar-refractivity contribution in [1.82, 2.24) is 0 Å². The van der Waals surface area contributed by atoms with Crippen molar-refractivity contribution in [1.29, 1.82) is 0 Å². The number of carbonyl (C=O) groups is 1. The molecule has 3 rings (SSSR count). The molecule has 7 heteroatoms. The molecular formula is C18H14ClNO3S2. The number of benzene rings is 2. The number of sulfone groups is 1. The maximum Gasteiger partial charge on any atom is 0.255 e. The van der Waals surface area contributed by atoms with Crippen molar-refractivity contribution < 1.29 is 13.2 Å². The predicted molar refractivity (Wildman–Crippen MR) is 102 cm³/mol. The molecule has 0 spiro atoms. The van der Waals surface area contributed by atoms with Gasteiger partial charge in [-0.05, 0) is 35.7 Å². The van der Waals surface area contributed by atoms with Gasteiger partial charge in [0.15, 0.2) is 9.84 Å². The minimum absolute atomic E-state index is 0.0617. The molecule has 0 saturated carbocycles. The number of halogens is 1. The van der Waals surface area contributed by atoms with E-state index in [2.05, 4.69) is 5.32 Å². The number of thiophene rings is 1. The summed E-state index contributed by atoms with van der Waals surface area (Å²) in [5, 5.41) is 4.90. The second kappa shape index (κ2) is 7.00. The van der Waals surface area contributed by atoms with Gasteiger partial charge in [-0.3, -0.25) is 4.79 Å². The van der Waals surface area contributed by atoms with Gasteiger partial charge in [-0.15, -0.1) is 11.3 Å². The van der Waals surface area contributed by atoms with Gasteiger partial charge in [-0.25, -0.2) is 8.42 Å². The summed E-state index contributed by atoms with van der Waals surface area (Å²) in [6.45, 7) is 0. The van der Waals surface area contributed by atoms with E-state index in [4.69, 9.17) is 11.6 Å². The zero-order chi connectivity index (χ0) is 18.0. The molecule has 2 aromatic carbocycles. The van der Waals surface area contributed by atoms with Crippen LogP contribution in [0.2, 0.25) is 5.02 Å². The van der Waals surface area contributed by atoms with Crippen LogP contribution in [0.4, 0.5) is 5.69 Å². The van der Waals surface area contributed by atoms with Crippen molar-refractivity contribution in [3.8, 4) is 10.4 Å². The highest BCUT2D eigenvalue weighted by Crippen LogP contribution is 2.32. The molecule has 128 valence electrons. The molecule has 1 heterocycles. The molecule has 4 nitrogen and oxygen atoms in total. The molecule has 0 aliphatic heterocycles. The lowest BCUT2D eigenvalue weighted by atomic mass is 10.1. The third kappa shape index (κ3) is 3.92. The highest BCUT2D eigenvalue weighted by molar-refractivity contribution is 7.90. The first-order valence-corrected chi connectivity index (χ1v) is 10.4. The minimum atomic E-state index is -3.52. The fourth-order valence-corrected chi connectivity index (χ4v) is 4.43. The molecule has 3 aromatic rings. The smallest absolute Gasteiger partial charge is 0.255 e. The Morgan fingerprint density at radius 1 is 1.08 bits per heavy atom. The van der Waals surface area contributed by atoms with E-state index in [1.807, 2.05) is 35.7 Å². The van der Waals surface area contributed by atoms with Crippen LogP contribution in [0, 0.1) is 0 Å². The van der Waals surface area contributed by atoms with Crippen molar-refractivity contribution >= 4 is 44.4 Å².